The van der Waals surface area contributed by atoms with Crippen LogP contribution in [0.3, 0.4) is 0 Å². The molecular weight excluding hydrogens is 285 g/mol. The fourth-order valence-corrected chi connectivity index (χ4v) is 3.00. The van der Waals surface area contributed by atoms with E-state index in [-0.39, 0.29) is 6.54 Å². The quantitative estimate of drug-likeness (QED) is 0.831. The van der Waals surface area contributed by atoms with Crippen LogP contribution in [0, 0.1) is 5.92 Å². The number of likely N-dealkylation sites (tertiary alicyclic amines) is 1. The van der Waals surface area contributed by atoms with Crippen LogP contribution >= 0.6 is 0 Å². The Labute approximate surface area is 123 Å². The monoisotopic (exact) mass is 310 g/mol. The zero-order valence-electron chi connectivity index (χ0n) is 12.3. The maximum atomic E-state index is 12.3. The molecule has 1 N–H and O–H groups in total. The minimum Gasteiger partial charge on any atom is -0.382 e. The predicted molar refractivity (Wildman–Crippen MR) is 73.1 cm³/mol. The molecular formula is C14H25F3N2O2. The van der Waals surface area contributed by atoms with Crippen molar-refractivity contribution in [2.75, 3.05) is 52.5 Å². The summed E-state index contributed by atoms with van der Waals surface area (Å²) in [6, 6.07) is 0. The van der Waals surface area contributed by atoms with Crippen molar-refractivity contribution in [3.63, 3.8) is 0 Å². The number of nitrogens with zero attached hydrogens (tertiary/aromatic N) is 2. The summed E-state index contributed by atoms with van der Waals surface area (Å²) in [7, 11) is 0. The molecule has 0 amide bonds. The van der Waals surface area contributed by atoms with E-state index in [1.165, 1.54) is 0 Å². The molecule has 0 spiro atoms. The molecule has 0 aromatic carbocycles. The lowest BCUT2D eigenvalue weighted by molar-refractivity contribution is -0.208. The fraction of sp³-hybridized carbons (Fsp3) is 1.00. The summed E-state index contributed by atoms with van der Waals surface area (Å²) in [5, 5.41) is 9.09. The number of ether oxygens (including phenoxy) is 1. The largest absolute Gasteiger partial charge is 0.415 e. The van der Waals surface area contributed by atoms with Gasteiger partial charge in [0.1, 0.15) is 0 Å². The van der Waals surface area contributed by atoms with Crippen LogP contribution in [-0.2, 0) is 4.74 Å². The molecule has 2 rings (SSSR count). The highest BCUT2D eigenvalue weighted by Crippen LogP contribution is 2.24. The van der Waals surface area contributed by atoms with Crippen molar-refractivity contribution < 1.29 is 23.0 Å². The van der Waals surface area contributed by atoms with Gasteiger partial charge < -0.3 is 14.7 Å². The standard InChI is InChI=1S/C14H25F3N2O2/c15-14(16,17)13(20)11-19-5-2-12(3-6-19)1-4-18-7-9-21-10-8-18/h12-13,20H,1-11H2/t13-/m1/s1. The number of morpholine rings is 1. The zero-order valence-corrected chi connectivity index (χ0v) is 12.3. The Bertz CT molecular complexity index is 301. The molecule has 0 unspecified atom stereocenters. The van der Waals surface area contributed by atoms with Crippen LogP contribution in [0.4, 0.5) is 13.2 Å². The summed E-state index contributed by atoms with van der Waals surface area (Å²) < 4.78 is 42.3. The average Bonchev–Trinajstić information content (AvgIpc) is 2.46. The number of aliphatic hydroxyl groups excluding tert-OH is 1. The molecule has 2 aliphatic rings. The molecule has 2 aliphatic heterocycles. The maximum Gasteiger partial charge on any atom is 0.415 e. The third-order valence-corrected chi connectivity index (χ3v) is 4.47. The van der Waals surface area contributed by atoms with E-state index in [0.717, 1.165) is 52.1 Å². The van der Waals surface area contributed by atoms with E-state index in [9.17, 15) is 13.2 Å². The minimum atomic E-state index is -4.51. The highest BCUT2D eigenvalue weighted by Gasteiger charge is 2.39. The summed E-state index contributed by atoms with van der Waals surface area (Å²) in [5.41, 5.74) is 0. The van der Waals surface area contributed by atoms with Gasteiger partial charge in [0.05, 0.1) is 13.2 Å². The molecule has 0 aromatic heterocycles. The van der Waals surface area contributed by atoms with Crippen molar-refractivity contribution in [2.45, 2.75) is 31.5 Å². The number of piperidine rings is 1. The molecule has 4 nitrogen and oxygen atoms in total. The van der Waals surface area contributed by atoms with Gasteiger partial charge in [-0.3, -0.25) is 4.90 Å². The molecule has 1 atom stereocenters. The zero-order chi connectivity index (χ0) is 15.3. The van der Waals surface area contributed by atoms with E-state index in [4.69, 9.17) is 9.84 Å². The second-order valence-electron chi connectivity index (χ2n) is 6.04. The maximum absolute atomic E-state index is 12.3. The molecule has 124 valence electrons. The van der Waals surface area contributed by atoms with Gasteiger partial charge in [0.2, 0.25) is 0 Å². The van der Waals surface area contributed by atoms with E-state index in [2.05, 4.69) is 4.90 Å². The van der Waals surface area contributed by atoms with Gasteiger partial charge >= 0.3 is 6.18 Å². The van der Waals surface area contributed by atoms with Gasteiger partial charge in [-0.1, -0.05) is 0 Å². The predicted octanol–water partition coefficient (Wildman–Crippen LogP) is 1.34. The smallest absolute Gasteiger partial charge is 0.382 e. The fourth-order valence-electron chi connectivity index (χ4n) is 3.00. The summed E-state index contributed by atoms with van der Waals surface area (Å²) in [4.78, 5) is 4.12. The van der Waals surface area contributed by atoms with Crippen molar-refractivity contribution in [2.24, 2.45) is 5.92 Å². The van der Waals surface area contributed by atoms with Gasteiger partial charge in [-0.25, -0.2) is 0 Å². The Hall–Kier alpha value is -0.370. The summed E-state index contributed by atoms with van der Waals surface area (Å²) in [5.74, 6) is 0.590. The molecule has 0 aliphatic carbocycles. The number of halogens is 3. The molecule has 0 radical (unpaired) electrons. The first-order chi connectivity index (χ1) is 9.95. The Kier molecular flexibility index (Phi) is 6.28. The Balaban J connectivity index is 1.61. The van der Waals surface area contributed by atoms with Gasteiger partial charge in [-0.2, -0.15) is 13.2 Å². The van der Waals surface area contributed by atoms with Crippen LogP contribution in [0.2, 0.25) is 0 Å². The van der Waals surface area contributed by atoms with Gasteiger partial charge in [0, 0.05) is 19.6 Å². The lowest BCUT2D eigenvalue weighted by Crippen LogP contribution is -2.44. The van der Waals surface area contributed by atoms with Crippen molar-refractivity contribution in [3.8, 4) is 0 Å². The van der Waals surface area contributed by atoms with Crippen LogP contribution in [0.25, 0.3) is 0 Å². The van der Waals surface area contributed by atoms with Gasteiger partial charge in [-0.15, -0.1) is 0 Å². The molecule has 2 fully saturated rings. The molecule has 21 heavy (non-hydrogen) atoms. The molecule has 0 saturated carbocycles. The lowest BCUT2D eigenvalue weighted by atomic mass is 9.93. The Morgan fingerprint density at radius 3 is 2.24 bits per heavy atom. The number of β-amino-alcohol motifs (C(OH)–C–C–N with tert-alkyl or cyclic N) is 1. The third kappa shape index (κ3) is 5.73. The van der Waals surface area contributed by atoms with Gasteiger partial charge in [0.25, 0.3) is 0 Å². The number of aliphatic hydroxyl groups is 1. The normalized spacial score (nSPS) is 25.1. The van der Waals surface area contributed by atoms with Crippen molar-refractivity contribution in [3.05, 3.63) is 0 Å². The summed E-state index contributed by atoms with van der Waals surface area (Å²) in [6.45, 7) is 5.63. The minimum absolute atomic E-state index is 0.292. The van der Waals surface area contributed by atoms with E-state index in [1.54, 1.807) is 4.90 Å². The molecule has 0 bridgehead atoms. The third-order valence-electron chi connectivity index (χ3n) is 4.47. The lowest BCUT2D eigenvalue weighted by Gasteiger charge is -2.35. The van der Waals surface area contributed by atoms with E-state index < -0.39 is 12.3 Å². The Morgan fingerprint density at radius 1 is 1.05 bits per heavy atom. The first-order valence-corrected chi connectivity index (χ1v) is 7.72. The van der Waals surface area contributed by atoms with E-state index in [0.29, 0.717) is 19.0 Å². The van der Waals surface area contributed by atoms with Crippen LogP contribution in [0.15, 0.2) is 0 Å². The summed E-state index contributed by atoms with van der Waals surface area (Å²) in [6.07, 6.45) is -3.77. The van der Waals surface area contributed by atoms with Crippen LogP contribution in [0.5, 0.6) is 0 Å². The highest BCUT2D eigenvalue weighted by atomic mass is 19.4. The van der Waals surface area contributed by atoms with Gasteiger partial charge in [-0.05, 0) is 44.8 Å². The second kappa shape index (κ2) is 7.76. The SMILES string of the molecule is O[C@H](CN1CCC(CCN2CCOCC2)CC1)C(F)(F)F. The van der Waals surface area contributed by atoms with Crippen LogP contribution in [0.1, 0.15) is 19.3 Å². The Morgan fingerprint density at radius 2 is 1.67 bits per heavy atom. The summed E-state index contributed by atoms with van der Waals surface area (Å²) >= 11 is 0. The molecule has 2 heterocycles. The number of hydrogen-bond acceptors (Lipinski definition) is 4. The average molecular weight is 310 g/mol. The number of rotatable bonds is 5. The van der Waals surface area contributed by atoms with Crippen LogP contribution < -0.4 is 0 Å². The van der Waals surface area contributed by atoms with Gasteiger partial charge in [0.15, 0.2) is 6.10 Å². The number of alkyl halides is 3. The molecule has 0 aromatic rings. The molecule has 7 heteroatoms. The van der Waals surface area contributed by atoms with E-state index >= 15 is 0 Å². The first kappa shape index (κ1) is 17.0. The van der Waals surface area contributed by atoms with Crippen molar-refractivity contribution in [1.29, 1.82) is 0 Å². The number of hydrogen-bond donors (Lipinski definition) is 1. The van der Waals surface area contributed by atoms with Crippen LogP contribution in [-0.4, -0.2) is 79.7 Å². The topological polar surface area (TPSA) is 35.9 Å². The second-order valence-corrected chi connectivity index (χ2v) is 6.04. The molecule has 2 saturated heterocycles. The van der Waals surface area contributed by atoms with E-state index in [1.807, 2.05) is 0 Å². The highest BCUT2D eigenvalue weighted by molar-refractivity contribution is 4.78. The first-order valence-electron chi connectivity index (χ1n) is 7.72. The van der Waals surface area contributed by atoms with Crippen molar-refractivity contribution >= 4 is 0 Å². The van der Waals surface area contributed by atoms with Crippen molar-refractivity contribution in [1.82, 2.24) is 9.80 Å².